The van der Waals surface area contributed by atoms with Gasteiger partial charge in [0.2, 0.25) is 20.0 Å². The molecule has 170 valence electrons. The summed E-state index contributed by atoms with van der Waals surface area (Å²) in [6.45, 7) is 0. The second-order valence-corrected chi connectivity index (χ2v) is 11.4. The highest BCUT2D eigenvalue weighted by atomic mass is 32.2. The first-order valence-corrected chi connectivity index (χ1v) is 13.5. The Bertz CT molecular complexity index is 863. The normalized spacial score (nSPS) is 19.5. The van der Waals surface area contributed by atoms with E-state index in [1.165, 1.54) is 26.4 Å². The van der Waals surface area contributed by atoms with Crippen LogP contribution in [0.5, 0.6) is 11.5 Å². The van der Waals surface area contributed by atoms with Gasteiger partial charge >= 0.3 is 0 Å². The number of nitrogens with one attached hydrogen (secondary N) is 2. The largest absolute Gasteiger partial charge is 0.497 e. The van der Waals surface area contributed by atoms with Crippen LogP contribution in [0.1, 0.15) is 64.2 Å². The van der Waals surface area contributed by atoms with E-state index < -0.39 is 20.0 Å². The highest BCUT2D eigenvalue weighted by Gasteiger charge is 2.32. The molecule has 0 heterocycles. The van der Waals surface area contributed by atoms with Crippen LogP contribution in [-0.2, 0) is 20.0 Å². The molecule has 2 N–H and O–H groups in total. The molecule has 3 rings (SSSR count). The van der Waals surface area contributed by atoms with Crippen molar-refractivity contribution < 1.29 is 26.3 Å². The van der Waals surface area contributed by atoms with Crippen molar-refractivity contribution >= 4 is 20.0 Å². The van der Waals surface area contributed by atoms with Crippen LogP contribution >= 0.6 is 0 Å². The summed E-state index contributed by atoms with van der Waals surface area (Å²) in [4.78, 5) is -0.446. The molecule has 0 atom stereocenters. The lowest BCUT2D eigenvalue weighted by Crippen LogP contribution is -2.37. The lowest BCUT2D eigenvalue weighted by Gasteiger charge is -2.25. The molecule has 1 aromatic rings. The molecule has 0 aromatic heterocycles. The fourth-order valence-corrected chi connectivity index (χ4v) is 7.36. The van der Waals surface area contributed by atoms with Crippen molar-refractivity contribution in [1.82, 2.24) is 9.44 Å². The van der Waals surface area contributed by atoms with Crippen molar-refractivity contribution in [2.75, 3.05) is 14.2 Å². The number of hydrogen-bond acceptors (Lipinski definition) is 6. The minimum Gasteiger partial charge on any atom is -0.497 e. The SMILES string of the molecule is COc1cc(S(=O)(=O)NC2CCCCC2)c(OC)c(S(=O)(=O)NC2CCCCC2)c1. The number of ether oxygens (including phenoxy) is 2. The predicted molar refractivity (Wildman–Crippen MR) is 114 cm³/mol. The van der Waals surface area contributed by atoms with E-state index in [0.29, 0.717) is 0 Å². The maximum Gasteiger partial charge on any atom is 0.244 e. The average molecular weight is 461 g/mol. The zero-order valence-electron chi connectivity index (χ0n) is 17.6. The smallest absolute Gasteiger partial charge is 0.244 e. The van der Waals surface area contributed by atoms with Crippen molar-refractivity contribution in [3.8, 4) is 11.5 Å². The Hall–Kier alpha value is -1.36. The van der Waals surface area contributed by atoms with Crippen molar-refractivity contribution in [2.45, 2.75) is 86.1 Å². The lowest BCUT2D eigenvalue weighted by molar-refractivity contribution is 0.375. The van der Waals surface area contributed by atoms with Gasteiger partial charge in [-0.15, -0.1) is 0 Å². The monoisotopic (exact) mass is 460 g/mol. The molecule has 8 nitrogen and oxygen atoms in total. The van der Waals surface area contributed by atoms with Crippen molar-refractivity contribution in [3.05, 3.63) is 12.1 Å². The molecule has 2 saturated carbocycles. The van der Waals surface area contributed by atoms with Gasteiger partial charge in [0.25, 0.3) is 0 Å². The van der Waals surface area contributed by atoms with Gasteiger partial charge in [-0.25, -0.2) is 26.3 Å². The summed E-state index contributed by atoms with van der Waals surface area (Å²) in [5, 5.41) is 0. The second-order valence-electron chi connectivity index (χ2n) is 8.07. The molecule has 0 unspecified atom stereocenters. The number of methoxy groups -OCH3 is 2. The molecule has 30 heavy (non-hydrogen) atoms. The Labute approximate surface area is 179 Å². The molecule has 2 aliphatic carbocycles. The highest BCUT2D eigenvalue weighted by molar-refractivity contribution is 7.90. The Morgan fingerprint density at radius 1 is 0.700 bits per heavy atom. The van der Waals surface area contributed by atoms with Gasteiger partial charge in [-0.05, 0) is 25.7 Å². The zero-order valence-corrected chi connectivity index (χ0v) is 19.3. The summed E-state index contributed by atoms with van der Waals surface area (Å²) in [6.07, 6.45) is 9.10. The maximum absolute atomic E-state index is 13.2. The van der Waals surface area contributed by atoms with Crippen LogP contribution in [0.3, 0.4) is 0 Å². The first kappa shape index (κ1) is 23.3. The Morgan fingerprint density at radius 2 is 1.10 bits per heavy atom. The van der Waals surface area contributed by atoms with Gasteiger partial charge in [-0.3, -0.25) is 0 Å². The molecule has 0 spiro atoms. The third-order valence-electron chi connectivity index (χ3n) is 5.87. The molecule has 0 amide bonds. The maximum atomic E-state index is 13.2. The number of hydrogen-bond donors (Lipinski definition) is 2. The fourth-order valence-electron chi connectivity index (χ4n) is 4.28. The summed E-state index contributed by atoms with van der Waals surface area (Å²) in [6, 6.07) is 2.29. The van der Waals surface area contributed by atoms with E-state index in [2.05, 4.69) is 9.44 Å². The van der Waals surface area contributed by atoms with E-state index in [1.807, 2.05) is 0 Å². The summed E-state index contributed by atoms with van der Waals surface area (Å²) in [5.74, 6) is -0.0498. The van der Waals surface area contributed by atoms with E-state index in [9.17, 15) is 16.8 Å². The lowest BCUT2D eigenvalue weighted by atomic mass is 9.96. The number of benzene rings is 1. The minimum atomic E-state index is -4.00. The molecule has 2 fully saturated rings. The first-order valence-electron chi connectivity index (χ1n) is 10.6. The molecule has 0 bridgehead atoms. The number of rotatable bonds is 8. The molecule has 0 aliphatic heterocycles. The molecule has 0 radical (unpaired) electrons. The van der Waals surface area contributed by atoms with Gasteiger partial charge in [-0.2, -0.15) is 0 Å². The quantitative estimate of drug-likeness (QED) is 0.617. The summed E-state index contributed by atoms with van der Waals surface area (Å²) < 4.78 is 68.6. The highest BCUT2D eigenvalue weighted by Crippen LogP contribution is 2.36. The van der Waals surface area contributed by atoms with Crippen LogP contribution in [0, 0.1) is 0 Å². The first-order chi connectivity index (χ1) is 14.3. The molecule has 2 aliphatic rings. The fraction of sp³-hybridized carbons (Fsp3) is 0.700. The van der Waals surface area contributed by atoms with Gasteiger partial charge in [0, 0.05) is 24.2 Å². The van der Waals surface area contributed by atoms with Gasteiger partial charge in [0.1, 0.15) is 15.5 Å². The molecule has 10 heteroatoms. The van der Waals surface area contributed by atoms with Gasteiger partial charge in [0.05, 0.1) is 14.2 Å². The predicted octanol–water partition coefficient (Wildman–Crippen LogP) is 2.93. The van der Waals surface area contributed by atoms with Crippen LogP contribution in [0.2, 0.25) is 0 Å². The van der Waals surface area contributed by atoms with Crippen molar-refractivity contribution in [3.63, 3.8) is 0 Å². The van der Waals surface area contributed by atoms with E-state index >= 15 is 0 Å². The summed E-state index contributed by atoms with van der Waals surface area (Å²) in [5.41, 5.74) is 0. The summed E-state index contributed by atoms with van der Waals surface area (Å²) in [7, 11) is -5.35. The van der Waals surface area contributed by atoms with Crippen LogP contribution < -0.4 is 18.9 Å². The van der Waals surface area contributed by atoms with Crippen LogP contribution in [-0.4, -0.2) is 43.1 Å². The Morgan fingerprint density at radius 3 is 1.43 bits per heavy atom. The van der Waals surface area contributed by atoms with E-state index in [4.69, 9.17) is 9.47 Å². The van der Waals surface area contributed by atoms with Crippen LogP contribution in [0.25, 0.3) is 0 Å². The van der Waals surface area contributed by atoms with E-state index in [1.54, 1.807) is 0 Å². The second kappa shape index (κ2) is 9.84. The summed E-state index contributed by atoms with van der Waals surface area (Å²) >= 11 is 0. The Kier molecular flexibility index (Phi) is 7.65. The molecule has 0 saturated heterocycles. The van der Waals surface area contributed by atoms with Crippen LogP contribution in [0.4, 0.5) is 0 Å². The average Bonchev–Trinajstić information content (AvgIpc) is 2.73. The van der Waals surface area contributed by atoms with Gasteiger partial charge < -0.3 is 9.47 Å². The molecule has 1 aromatic carbocycles. The zero-order chi connectivity index (χ0) is 21.8. The van der Waals surface area contributed by atoms with Gasteiger partial charge in [0.15, 0.2) is 5.75 Å². The molecular weight excluding hydrogens is 428 g/mol. The number of sulfonamides is 2. The van der Waals surface area contributed by atoms with Crippen molar-refractivity contribution in [2.24, 2.45) is 0 Å². The molecular formula is C20H32N2O6S2. The van der Waals surface area contributed by atoms with E-state index in [-0.39, 0.29) is 33.4 Å². The van der Waals surface area contributed by atoms with Gasteiger partial charge in [-0.1, -0.05) is 38.5 Å². The van der Waals surface area contributed by atoms with Crippen molar-refractivity contribution in [1.29, 1.82) is 0 Å². The van der Waals surface area contributed by atoms with E-state index in [0.717, 1.165) is 64.2 Å². The Balaban J connectivity index is 1.99. The third-order valence-corrected chi connectivity index (χ3v) is 8.92. The topological polar surface area (TPSA) is 111 Å². The minimum absolute atomic E-state index is 0.142. The standard InChI is InChI=1S/C20H32N2O6S2/c1-27-17-13-18(29(23,24)21-15-9-5-3-6-10-15)20(28-2)19(14-17)30(25,26)22-16-11-7-4-8-12-16/h13-16,21-22H,3-12H2,1-2H3. The van der Waals surface area contributed by atoms with Crippen LogP contribution in [0.15, 0.2) is 21.9 Å². The third kappa shape index (κ3) is 5.46.